The molecule has 0 saturated heterocycles. The van der Waals surface area contributed by atoms with Crippen molar-refractivity contribution in [2.75, 3.05) is 6.26 Å². The van der Waals surface area contributed by atoms with Crippen LogP contribution in [0.25, 0.3) is 0 Å². The quantitative estimate of drug-likeness (QED) is 0.869. The van der Waals surface area contributed by atoms with Gasteiger partial charge >= 0.3 is 0 Å². The maximum atomic E-state index is 10.1. The highest BCUT2D eigenvalue weighted by Crippen LogP contribution is 2.31. The van der Waals surface area contributed by atoms with Crippen LogP contribution in [0.4, 0.5) is 0 Å². The first-order valence-electron chi connectivity index (χ1n) is 5.01. The standard InChI is InChI=1S/C13H15NOS/c1-9(10(2)16-3)13(15)12-6-4-11(8-14)5-7-12/h4-7,9,13,15H,2H2,1,3H3. The lowest BCUT2D eigenvalue weighted by atomic mass is 9.96. The van der Waals surface area contributed by atoms with E-state index in [1.165, 1.54) is 0 Å². The summed E-state index contributed by atoms with van der Waals surface area (Å²) in [7, 11) is 0. The molecule has 1 aromatic rings. The fraction of sp³-hybridized carbons (Fsp3) is 0.308. The van der Waals surface area contributed by atoms with Crippen LogP contribution in [-0.4, -0.2) is 11.4 Å². The van der Waals surface area contributed by atoms with Crippen LogP contribution in [0.1, 0.15) is 24.2 Å². The van der Waals surface area contributed by atoms with Gasteiger partial charge in [-0.15, -0.1) is 11.8 Å². The van der Waals surface area contributed by atoms with Crippen molar-refractivity contribution in [3.8, 4) is 6.07 Å². The average molecular weight is 233 g/mol. The molecular weight excluding hydrogens is 218 g/mol. The summed E-state index contributed by atoms with van der Waals surface area (Å²) < 4.78 is 0. The maximum absolute atomic E-state index is 10.1. The predicted octanol–water partition coefficient (Wildman–Crippen LogP) is 3.10. The third-order valence-corrected chi connectivity index (χ3v) is 3.52. The lowest BCUT2D eigenvalue weighted by Gasteiger charge is -2.20. The molecule has 0 spiro atoms. The van der Waals surface area contributed by atoms with E-state index in [-0.39, 0.29) is 5.92 Å². The van der Waals surface area contributed by atoms with Crippen LogP contribution in [0, 0.1) is 17.2 Å². The number of rotatable bonds is 4. The smallest absolute Gasteiger partial charge is 0.0991 e. The van der Waals surface area contributed by atoms with E-state index >= 15 is 0 Å². The molecule has 0 saturated carbocycles. The third-order valence-electron chi connectivity index (χ3n) is 2.62. The van der Waals surface area contributed by atoms with E-state index in [4.69, 9.17) is 5.26 Å². The Balaban J connectivity index is 2.84. The lowest BCUT2D eigenvalue weighted by Crippen LogP contribution is -2.09. The first kappa shape index (κ1) is 12.8. The van der Waals surface area contributed by atoms with Gasteiger partial charge in [0.2, 0.25) is 0 Å². The zero-order valence-corrected chi connectivity index (χ0v) is 10.3. The van der Waals surface area contributed by atoms with Gasteiger partial charge in [0, 0.05) is 5.92 Å². The molecule has 84 valence electrons. The molecule has 1 aromatic carbocycles. The molecular formula is C13H15NOS. The molecule has 0 heterocycles. The predicted molar refractivity (Wildman–Crippen MR) is 67.9 cm³/mol. The van der Waals surface area contributed by atoms with Crippen molar-refractivity contribution in [1.82, 2.24) is 0 Å². The topological polar surface area (TPSA) is 44.0 Å². The minimum atomic E-state index is -0.562. The Morgan fingerprint density at radius 2 is 2.00 bits per heavy atom. The van der Waals surface area contributed by atoms with E-state index in [0.29, 0.717) is 5.56 Å². The second kappa shape index (κ2) is 5.74. The molecule has 0 amide bonds. The number of aliphatic hydroxyl groups excluding tert-OH is 1. The monoisotopic (exact) mass is 233 g/mol. The van der Waals surface area contributed by atoms with Crippen LogP contribution in [0.3, 0.4) is 0 Å². The van der Waals surface area contributed by atoms with E-state index in [1.807, 2.05) is 13.2 Å². The first-order chi connectivity index (χ1) is 7.60. The van der Waals surface area contributed by atoms with E-state index in [0.717, 1.165) is 10.5 Å². The van der Waals surface area contributed by atoms with E-state index < -0.39 is 6.10 Å². The minimum Gasteiger partial charge on any atom is -0.388 e. The summed E-state index contributed by atoms with van der Waals surface area (Å²) in [6.45, 7) is 5.85. The number of nitrogens with zero attached hydrogens (tertiary/aromatic N) is 1. The van der Waals surface area contributed by atoms with Crippen LogP contribution in [0.5, 0.6) is 0 Å². The van der Waals surface area contributed by atoms with Crippen molar-refractivity contribution < 1.29 is 5.11 Å². The second-order valence-electron chi connectivity index (χ2n) is 3.64. The van der Waals surface area contributed by atoms with Gasteiger partial charge in [-0.1, -0.05) is 25.6 Å². The fourth-order valence-corrected chi connectivity index (χ4v) is 1.91. The highest BCUT2D eigenvalue weighted by Gasteiger charge is 2.18. The normalized spacial score (nSPS) is 13.9. The molecule has 2 unspecified atom stereocenters. The van der Waals surface area contributed by atoms with Crippen LogP contribution in [-0.2, 0) is 0 Å². The van der Waals surface area contributed by atoms with Gasteiger partial charge in [0.1, 0.15) is 0 Å². The van der Waals surface area contributed by atoms with Crippen molar-refractivity contribution >= 4 is 11.8 Å². The number of thioether (sulfide) groups is 1. The number of benzene rings is 1. The Hall–Kier alpha value is -1.24. The van der Waals surface area contributed by atoms with Crippen molar-refractivity contribution in [3.05, 3.63) is 46.9 Å². The van der Waals surface area contributed by atoms with Gasteiger partial charge in [0.05, 0.1) is 17.7 Å². The van der Waals surface area contributed by atoms with Crippen molar-refractivity contribution in [3.63, 3.8) is 0 Å². The summed E-state index contributed by atoms with van der Waals surface area (Å²) in [5.41, 5.74) is 1.42. The van der Waals surface area contributed by atoms with E-state index in [9.17, 15) is 5.11 Å². The SMILES string of the molecule is C=C(SC)C(C)C(O)c1ccc(C#N)cc1. The van der Waals surface area contributed by atoms with Crippen LogP contribution in [0.2, 0.25) is 0 Å². The maximum Gasteiger partial charge on any atom is 0.0991 e. The molecule has 3 heteroatoms. The number of hydrogen-bond donors (Lipinski definition) is 1. The molecule has 0 fully saturated rings. The Labute approximate surface area is 101 Å². The molecule has 1 N–H and O–H groups in total. The zero-order chi connectivity index (χ0) is 12.1. The molecule has 2 atom stereocenters. The summed E-state index contributed by atoms with van der Waals surface area (Å²) in [4.78, 5) is 0.955. The molecule has 0 aliphatic carbocycles. The summed E-state index contributed by atoms with van der Waals surface area (Å²) in [5.74, 6) is 0.00272. The molecule has 0 bridgehead atoms. The second-order valence-corrected chi connectivity index (χ2v) is 4.57. The molecule has 0 aromatic heterocycles. The molecule has 1 rings (SSSR count). The fourth-order valence-electron chi connectivity index (χ4n) is 1.41. The van der Waals surface area contributed by atoms with Crippen LogP contribution < -0.4 is 0 Å². The van der Waals surface area contributed by atoms with Crippen molar-refractivity contribution in [2.45, 2.75) is 13.0 Å². The lowest BCUT2D eigenvalue weighted by molar-refractivity contribution is 0.138. The highest BCUT2D eigenvalue weighted by atomic mass is 32.2. The summed E-state index contributed by atoms with van der Waals surface area (Å²) in [6, 6.07) is 9.05. The number of aliphatic hydroxyl groups is 1. The van der Waals surface area contributed by atoms with Gasteiger partial charge in [-0.2, -0.15) is 5.26 Å². The molecule has 0 radical (unpaired) electrons. The summed E-state index contributed by atoms with van der Waals surface area (Å²) >= 11 is 1.56. The molecule has 2 nitrogen and oxygen atoms in total. The summed E-state index contributed by atoms with van der Waals surface area (Å²) in [6.07, 6.45) is 1.39. The van der Waals surface area contributed by atoms with Gasteiger partial charge in [0.15, 0.2) is 0 Å². The van der Waals surface area contributed by atoms with Gasteiger partial charge in [-0.25, -0.2) is 0 Å². The molecule has 0 aliphatic rings. The number of hydrogen-bond acceptors (Lipinski definition) is 3. The van der Waals surface area contributed by atoms with Crippen molar-refractivity contribution in [2.24, 2.45) is 5.92 Å². The van der Waals surface area contributed by atoms with E-state index in [1.54, 1.807) is 36.0 Å². The Bertz CT molecular complexity index is 405. The van der Waals surface area contributed by atoms with Crippen LogP contribution >= 0.6 is 11.8 Å². The van der Waals surface area contributed by atoms with Crippen molar-refractivity contribution in [1.29, 1.82) is 5.26 Å². The molecule has 16 heavy (non-hydrogen) atoms. The number of nitriles is 1. The zero-order valence-electron chi connectivity index (χ0n) is 9.47. The Morgan fingerprint density at radius 3 is 2.44 bits per heavy atom. The average Bonchev–Trinajstić information content (AvgIpc) is 2.36. The van der Waals surface area contributed by atoms with Crippen LogP contribution in [0.15, 0.2) is 35.7 Å². The van der Waals surface area contributed by atoms with Gasteiger partial charge in [0.25, 0.3) is 0 Å². The summed E-state index contributed by atoms with van der Waals surface area (Å²) in [5, 5.41) is 18.8. The van der Waals surface area contributed by atoms with Gasteiger partial charge in [-0.3, -0.25) is 0 Å². The van der Waals surface area contributed by atoms with Gasteiger partial charge in [-0.05, 0) is 28.9 Å². The minimum absolute atomic E-state index is 0.00272. The van der Waals surface area contributed by atoms with E-state index in [2.05, 4.69) is 12.6 Å². The molecule has 0 aliphatic heterocycles. The largest absolute Gasteiger partial charge is 0.388 e. The third kappa shape index (κ3) is 2.88. The first-order valence-corrected chi connectivity index (χ1v) is 6.23. The Kier molecular flexibility index (Phi) is 4.60. The highest BCUT2D eigenvalue weighted by molar-refractivity contribution is 8.02. The Morgan fingerprint density at radius 1 is 1.44 bits per heavy atom. The van der Waals surface area contributed by atoms with Gasteiger partial charge < -0.3 is 5.11 Å².